The Balaban J connectivity index is 1.53. The minimum atomic E-state index is -0.164. The summed E-state index contributed by atoms with van der Waals surface area (Å²) in [6, 6.07) is 5.96. The summed E-state index contributed by atoms with van der Waals surface area (Å²) in [4.78, 5) is 11.9. The lowest BCUT2D eigenvalue weighted by Crippen LogP contribution is -2.14. The molecule has 8 nitrogen and oxygen atoms in total. The van der Waals surface area contributed by atoms with Crippen LogP contribution in [0, 0.1) is 13.8 Å². The van der Waals surface area contributed by atoms with Gasteiger partial charge in [-0.3, -0.25) is 10.1 Å². The Morgan fingerprint density at radius 1 is 1.27 bits per heavy atom. The van der Waals surface area contributed by atoms with Crippen LogP contribution in [0.3, 0.4) is 0 Å². The van der Waals surface area contributed by atoms with Crippen LogP contribution in [0.4, 0.5) is 5.13 Å². The Morgan fingerprint density at radius 3 is 2.85 bits per heavy atom. The summed E-state index contributed by atoms with van der Waals surface area (Å²) in [5.74, 6) is 1.53. The molecule has 10 heteroatoms. The number of anilines is 1. The molecule has 0 bridgehead atoms. The topological polar surface area (TPSA) is 94.8 Å². The smallest absolute Gasteiger partial charge is 0.236 e. The van der Waals surface area contributed by atoms with Crippen molar-refractivity contribution in [1.82, 2.24) is 25.0 Å². The van der Waals surface area contributed by atoms with Gasteiger partial charge >= 0.3 is 0 Å². The molecule has 0 saturated heterocycles. The van der Waals surface area contributed by atoms with Gasteiger partial charge in [0.05, 0.1) is 5.75 Å². The van der Waals surface area contributed by atoms with E-state index in [2.05, 4.69) is 32.6 Å². The van der Waals surface area contributed by atoms with Gasteiger partial charge in [-0.05, 0) is 37.1 Å². The second-order valence-electron chi connectivity index (χ2n) is 5.57. The zero-order chi connectivity index (χ0) is 18.5. The molecule has 0 aliphatic rings. The molecular weight excluding hydrogens is 372 g/mol. The minimum absolute atomic E-state index is 0.164. The molecule has 26 heavy (non-hydrogen) atoms. The highest BCUT2D eigenvalue weighted by molar-refractivity contribution is 7.99. The number of benzene rings is 1. The van der Waals surface area contributed by atoms with Gasteiger partial charge in [-0.15, -0.1) is 20.4 Å². The molecule has 1 N–H and O–H groups in total. The molecule has 2 heterocycles. The number of rotatable bonds is 7. The Hall–Kier alpha value is -2.46. The van der Waals surface area contributed by atoms with Gasteiger partial charge in [0, 0.05) is 7.05 Å². The van der Waals surface area contributed by atoms with Crippen LogP contribution in [0.5, 0.6) is 5.75 Å². The second kappa shape index (κ2) is 8.28. The SMILES string of the molecule is Cc1ccc(OCc2nnc(SCC(=O)Nc3nncs3)n2C)cc1C. The zero-order valence-corrected chi connectivity index (χ0v) is 16.2. The summed E-state index contributed by atoms with van der Waals surface area (Å²) in [5, 5.41) is 19.5. The van der Waals surface area contributed by atoms with Crippen LogP contribution >= 0.6 is 23.1 Å². The first kappa shape index (κ1) is 18.3. The van der Waals surface area contributed by atoms with Gasteiger partial charge in [-0.25, -0.2) is 0 Å². The van der Waals surface area contributed by atoms with E-state index >= 15 is 0 Å². The average Bonchev–Trinajstić information content (AvgIpc) is 3.24. The number of nitrogens with one attached hydrogen (secondary N) is 1. The first-order valence-electron chi connectivity index (χ1n) is 7.80. The summed E-state index contributed by atoms with van der Waals surface area (Å²) in [5.41, 5.74) is 3.97. The third-order valence-electron chi connectivity index (χ3n) is 3.71. The third kappa shape index (κ3) is 4.58. The molecule has 0 unspecified atom stereocenters. The lowest BCUT2D eigenvalue weighted by Gasteiger charge is -2.08. The molecule has 0 aliphatic carbocycles. The predicted molar refractivity (Wildman–Crippen MR) is 101 cm³/mol. The lowest BCUT2D eigenvalue weighted by atomic mass is 10.1. The van der Waals surface area contributed by atoms with Crippen molar-refractivity contribution in [1.29, 1.82) is 0 Å². The van der Waals surface area contributed by atoms with Crippen LogP contribution < -0.4 is 10.1 Å². The molecule has 0 aliphatic heterocycles. The van der Waals surface area contributed by atoms with Crippen molar-refractivity contribution in [2.45, 2.75) is 25.6 Å². The highest BCUT2D eigenvalue weighted by atomic mass is 32.2. The van der Waals surface area contributed by atoms with E-state index < -0.39 is 0 Å². The van der Waals surface area contributed by atoms with Gasteiger partial charge in [0.1, 0.15) is 17.9 Å². The molecule has 0 radical (unpaired) electrons. The number of carbonyl (C=O) groups excluding carboxylic acids is 1. The molecule has 0 spiro atoms. The van der Waals surface area contributed by atoms with Crippen molar-refractivity contribution < 1.29 is 9.53 Å². The van der Waals surface area contributed by atoms with Crippen LogP contribution in [0.1, 0.15) is 17.0 Å². The van der Waals surface area contributed by atoms with Gasteiger partial charge in [0.2, 0.25) is 11.0 Å². The standard InChI is InChI=1S/C16H18N6O2S2/c1-10-4-5-12(6-11(10)2)24-7-13-19-21-16(22(13)3)25-8-14(23)18-15-20-17-9-26-15/h4-6,9H,7-8H2,1-3H3,(H,18,20,23). The minimum Gasteiger partial charge on any atom is -0.486 e. The van der Waals surface area contributed by atoms with E-state index in [0.717, 1.165) is 5.75 Å². The Labute approximate surface area is 159 Å². The van der Waals surface area contributed by atoms with Crippen LogP contribution in [0.2, 0.25) is 0 Å². The number of aryl methyl sites for hydroxylation is 2. The van der Waals surface area contributed by atoms with E-state index in [1.165, 1.54) is 34.2 Å². The van der Waals surface area contributed by atoms with Gasteiger partial charge in [0.15, 0.2) is 11.0 Å². The quantitative estimate of drug-likeness (QED) is 0.620. The summed E-state index contributed by atoms with van der Waals surface area (Å²) in [6.45, 7) is 4.42. The fraction of sp³-hybridized carbons (Fsp3) is 0.312. The molecule has 1 amide bonds. The molecule has 136 valence electrons. The molecule has 2 aromatic heterocycles. The summed E-state index contributed by atoms with van der Waals surface area (Å²) >= 11 is 2.58. The fourth-order valence-electron chi connectivity index (χ4n) is 2.06. The third-order valence-corrected chi connectivity index (χ3v) is 5.34. The number of aromatic nitrogens is 5. The van der Waals surface area contributed by atoms with Gasteiger partial charge in [-0.2, -0.15) is 0 Å². The number of ether oxygens (including phenoxy) is 1. The molecular formula is C16H18N6O2S2. The molecule has 1 aromatic carbocycles. The van der Waals surface area contributed by atoms with Crippen molar-refractivity contribution in [3.05, 3.63) is 40.7 Å². The van der Waals surface area contributed by atoms with Gasteiger partial charge in [-0.1, -0.05) is 29.2 Å². The lowest BCUT2D eigenvalue weighted by molar-refractivity contribution is -0.113. The monoisotopic (exact) mass is 390 g/mol. The number of thioether (sulfide) groups is 1. The number of hydrogen-bond donors (Lipinski definition) is 1. The number of hydrogen-bond acceptors (Lipinski definition) is 8. The summed E-state index contributed by atoms with van der Waals surface area (Å²) in [7, 11) is 1.85. The largest absolute Gasteiger partial charge is 0.486 e. The van der Waals surface area contributed by atoms with Crippen molar-refractivity contribution in [3.8, 4) is 5.75 Å². The first-order valence-corrected chi connectivity index (χ1v) is 9.66. The average molecular weight is 390 g/mol. The molecule has 0 fully saturated rings. The number of amides is 1. The molecule has 0 atom stereocenters. The maximum Gasteiger partial charge on any atom is 0.236 e. The highest BCUT2D eigenvalue weighted by Gasteiger charge is 2.13. The van der Waals surface area contributed by atoms with E-state index in [0.29, 0.717) is 22.7 Å². The Morgan fingerprint density at radius 2 is 2.12 bits per heavy atom. The van der Waals surface area contributed by atoms with Crippen LogP contribution in [-0.2, 0) is 18.4 Å². The maximum absolute atomic E-state index is 11.9. The van der Waals surface area contributed by atoms with Crippen molar-refractivity contribution >= 4 is 34.1 Å². The van der Waals surface area contributed by atoms with Crippen LogP contribution in [0.15, 0.2) is 28.9 Å². The van der Waals surface area contributed by atoms with Crippen LogP contribution in [0.25, 0.3) is 0 Å². The molecule has 3 rings (SSSR count). The van der Waals surface area contributed by atoms with Crippen molar-refractivity contribution in [2.75, 3.05) is 11.1 Å². The number of carbonyl (C=O) groups is 1. The van der Waals surface area contributed by atoms with Crippen molar-refractivity contribution in [2.24, 2.45) is 7.05 Å². The van der Waals surface area contributed by atoms with E-state index in [1.54, 1.807) is 5.51 Å². The van der Waals surface area contributed by atoms with Gasteiger partial charge < -0.3 is 9.30 Å². The van der Waals surface area contributed by atoms with E-state index in [4.69, 9.17) is 4.74 Å². The molecule has 0 saturated carbocycles. The Kier molecular flexibility index (Phi) is 5.84. The van der Waals surface area contributed by atoms with Crippen molar-refractivity contribution in [3.63, 3.8) is 0 Å². The number of nitrogens with zero attached hydrogens (tertiary/aromatic N) is 5. The second-order valence-corrected chi connectivity index (χ2v) is 7.35. The fourth-order valence-corrected chi connectivity index (χ4v) is 3.25. The normalized spacial score (nSPS) is 10.7. The summed E-state index contributed by atoms with van der Waals surface area (Å²) < 4.78 is 7.62. The van der Waals surface area contributed by atoms with E-state index in [1.807, 2.05) is 36.7 Å². The Bertz CT molecular complexity index is 894. The maximum atomic E-state index is 11.9. The predicted octanol–water partition coefficient (Wildman–Crippen LogP) is 2.59. The summed E-state index contributed by atoms with van der Waals surface area (Å²) in [6.07, 6.45) is 0. The highest BCUT2D eigenvalue weighted by Crippen LogP contribution is 2.20. The van der Waals surface area contributed by atoms with Gasteiger partial charge in [0.25, 0.3) is 0 Å². The zero-order valence-electron chi connectivity index (χ0n) is 14.6. The molecule has 3 aromatic rings. The van der Waals surface area contributed by atoms with E-state index in [9.17, 15) is 4.79 Å². The van der Waals surface area contributed by atoms with E-state index in [-0.39, 0.29) is 11.7 Å². The van der Waals surface area contributed by atoms with Crippen LogP contribution in [-0.4, -0.2) is 36.6 Å². The first-order chi connectivity index (χ1) is 12.5.